The number of halogens is 3. The number of nitrogens with one attached hydrogen (secondary N) is 2. The summed E-state index contributed by atoms with van der Waals surface area (Å²) in [5.74, 6) is -0.381. The van der Waals surface area contributed by atoms with Gasteiger partial charge in [0.1, 0.15) is 11.4 Å². The fourth-order valence-electron chi connectivity index (χ4n) is 4.03. The van der Waals surface area contributed by atoms with E-state index in [-0.39, 0.29) is 24.3 Å². The molecular weight excluding hydrogens is 417 g/mol. The first-order chi connectivity index (χ1) is 15.3. The Hall–Kier alpha value is -3.29. The lowest BCUT2D eigenvalue weighted by Crippen LogP contribution is -2.36. The van der Waals surface area contributed by atoms with E-state index < -0.39 is 24.2 Å². The number of benzene rings is 2. The molecule has 3 aromatic rings. The third-order valence-electron chi connectivity index (χ3n) is 5.81. The maximum absolute atomic E-state index is 13.9. The highest BCUT2D eigenvalue weighted by molar-refractivity contribution is 5.98. The monoisotopic (exact) mass is 442 g/mol. The molecular formula is C24H25F3N4O. The molecule has 0 fully saturated rings. The number of anilines is 1. The lowest BCUT2D eigenvalue weighted by atomic mass is 9.95. The van der Waals surface area contributed by atoms with Crippen LogP contribution in [0.2, 0.25) is 0 Å². The molecule has 2 heterocycles. The van der Waals surface area contributed by atoms with E-state index in [0.717, 1.165) is 33.4 Å². The van der Waals surface area contributed by atoms with E-state index in [1.807, 2.05) is 62.4 Å². The molecule has 8 heteroatoms. The molecule has 2 unspecified atom stereocenters. The first-order valence-corrected chi connectivity index (χ1v) is 10.6. The zero-order valence-electron chi connectivity index (χ0n) is 17.9. The van der Waals surface area contributed by atoms with Crippen molar-refractivity contribution in [3.63, 3.8) is 0 Å². The van der Waals surface area contributed by atoms with Crippen molar-refractivity contribution < 1.29 is 18.0 Å². The van der Waals surface area contributed by atoms with Gasteiger partial charge in [-0.2, -0.15) is 18.3 Å². The topological polar surface area (TPSA) is 59.0 Å². The van der Waals surface area contributed by atoms with Gasteiger partial charge >= 0.3 is 6.18 Å². The molecule has 5 nitrogen and oxygen atoms in total. The van der Waals surface area contributed by atoms with E-state index >= 15 is 0 Å². The summed E-state index contributed by atoms with van der Waals surface area (Å²) in [5.41, 5.74) is 3.93. The second-order valence-corrected chi connectivity index (χ2v) is 8.11. The molecule has 0 radical (unpaired) electrons. The molecule has 0 aliphatic carbocycles. The van der Waals surface area contributed by atoms with Crippen molar-refractivity contribution in [2.45, 2.75) is 51.5 Å². The van der Waals surface area contributed by atoms with E-state index in [0.29, 0.717) is 0 Å². The van der Waals surface area contributed by atoms with Crippen LogP contribution in [0, 0.1) is 6.92 Å². The SMILES string of the molecule is CCc1ccc(C2CC(C(F)(F)F)n3ncc(C(=O)NCc4cccc(C)c4)c3N2)cc1. The van der Waals surface area contributed by atoms with Crippen LogP contribution < -0.4 is 10.6 Å². The van der Waals surface area contributed by atoms with E-state index in [9.17, 15) is 18.0 Å². The summed E-state index contributed by atoms with van der Waals surface area (Å²) in [7, 11) is 0. The van der Waals surface area contributed by atoms with Crippen molar-refractivity contribution in [2.24, 2.45) is 0 Å². The summed E-state index contributed by atoms with van der Waals surface area (Å²) in [5, 5.41) is 9.84. The minimum absolute atomic E-state index is 0.0879. The van der Waals surface area contributed by atoms with Crippen LogP contribution in [-0.2, 0) is 13.0 Å². The Balaban J connectivity index is 1.61. The van der Waals surface area contributed by atoms with Crippen molar-refractivity contribution in [1.29, 1.82) is 0 Å². The predicted molar refractivity (Wildman–Crippen MR) is 116 cm³/mol. The average Bonchev–Trinajstić information content (AvgIpc) is 3.20. The molecule has 0 spiro atoms. The van der Waals surface area contributed by atoms with Crippen LogP contribution in [0.4, 0.5) is 19.0 Å². The Morgan fingerprint density at radius 1 is 1.19 bits per heavy atom. The third kappa shape index (κ3) is 4.49. The van der Waals surface area contributed by atoms with Crippen LogP contribution >= 0.6 is 0 Å². The predicted octanol–water partition coefficient (Wildman–Crippen LogP) is 5.34. The molecule has 0 saturated heterocycles. The number of nitrogens with zero attached hydrogens (tertiary/aromatic N) is 2. The smallest absolute Gasteiger partial charge is 0.363 e. The number of carbonyl (C=O) groups excluding carboxylic acids is 1. The summed E-state index contributed by atoms with van der Waals surface area (Å²) in [4.78, 5) is 12.8. The van der Waals surface area contributed by atoms with Crippen molar-refractivity contribution in [3.8, 4) is 0 Å². The van der Waals surface area contributed by atoms with E-state index in [1.165, 1.54) is 6.20 Å². The molecule has 2 N–H and O–H groups in total. The first-order valence-electron chi connectivity index (χ1n) is 10.6. The van der Waals surface area contributed by atoms with Gasteiger partial charge in [-0.05, 0) is 30.0 Å². The molecule has 1 amide bonds. The molecule has 2 atom stereocenters. The van der Waals surface area contributed by atoms with Gasteiger partial charge in [0.2, 0.25) is 0 Å². The second kappa shape index (κ2) is 8.68. The van der Waals surface area contributed by atoms with Crippen LogP contribution in [0.15, 0.2) is 54.7 Å². The molecule has 0 bridgehead atoms. The third-order valence-corrected chi connectivity index (χ3v) is 5.81. The Morgan fingerprint density at radius 3 is 2.59 bits per heavy atom. The Bertz CT molecular complexity index is 1110. The molecule has 1 aromatic heterocycles. The summed E-state index contributed by atoms with van der Waals surface area (Å²) >= 11 is 0. The Kier molecular flexibility index (Phi) is 5.95. The zero-order valence-corrected chi connectivity index (χ0v) is 17.9. The van der Waals surface area contributed by atoms with Crippen LogP contribution in [0.25, 0.3) is 0 Å². The molecule has 0 saturated carbocycles. The number of rotatable bonds is 5. The van der Waals surface area contributed by atoms with Crippen LogP contribution in [0.1, 0.15) is 58.0 Å². The van der Waals surface area contributed by atoms with Crippen molar-refractivity contribution in [1.82, 2.24) is 15.1 Å². The summed E-state index contributed by atoms with van der Waals surface area (Å²) in [6, 6.07) is 12.8. The number of aromatic nitrogens is 2. The molecule has 168 valence electrons. The van der Waals surface area contributed by atoms with Gasteiger partial charge in [-0.3, -0.25) is 4.79 Å². The molecule has 32 heavy (non-hydrogen) atoms. The van der Waals surface area contributed by atoms with Crippen molar-refractivity contribution in [2.75, 3.05) is 5.32 Å². The fraction of sp³-hybridized carbons (Fsp3) is 0.333. The Morgan fingerprint density at radius 2 is 1.94 bits per heavy atom. The standard InChI is InChI=1S/C24H25F3N4O/c1-3-16-7-9-18(10-8-16)20-12-21(24(25,26)27)31-22(30-20)19(14-29-31)23(32)28-13-17-6-4-5-15(2)11-17/h4-11,14,20-21,30H,3,12-13H2,1-2H3,(H,28,32). The van der Waals surface area contributed by atoms with Gasteiger partial charge < -0.3 is 10.6 Å². The number of alkyl halides is 3. The van der Waals surface area contributed by atoms with Gasteiger partial charge in [0.25, 0.3) is 5.91 Å². The van der Waals surface area contributed by atoms with Gasteiger partial charge in [-0.1, -0.05) is 61.0 Å². The Labute approximate surface area is 184 Å². The summed E-state index contributed by atoms with van der Waals surface area (Å²) in [6.45, 7) is 4.25. The average molecular weight is 442 g/mol. The lowest BCUT2D eigenvalue weighted by molar-refractivity contribution is -0.173. The quantitative estimate of drug-likeness (QED) is 0.561. The number of fused-ring (bicyclic) bond motifs is 1. The minimum atomic E-state index is -4.49. The maximum Gasteiger partial charge on any atom is 0.410 e. The van der Waals surface area contributed by atoms with Crippen molar-refractivity contribution in [3.05, 3.63) is 82.5 Å². The zero-order chi connectivity index (χ0) is 22.9. The highest BCUT2D eigenvalue weighted by Gasteiger charge is 2.47. The van der Waals surface area contributed by atoms with Crippen molar-refractivity contribution >= 4 is 11.7 Å². The van der Waals surface area contributed by atoms with Gasteiger partial charge in [0, 0.05) is 13.0 Å². The summed E-state index contributed by atoms with van der Waals surface area (Å²) < 4.78 is 42.5. The van der Waals surface area contributed by atoms with Crippen LogP contribution in [0.3, 0.4) is 0 Å². The first kappa shape index (κ1) is 21.9. The molecule has 2 aromatic carbocycles. The second-order valence-electron chi connectivity index (χ2n) is 8.11. The highest BCUT2D eigenvalue weighted by Crippen LogP contribution is 2.44. The van der Waals surface area contributed by atoms with E-state index in [1.54, 1.807) is 0 Å². The van der Waals surface area contributed by atoms with Gasteiger partial charge in [0.05, 0.1) is 12.2 Å². The van der Waals surface area contributed by atoms with Crippen LogP contribution in [0.5, 0.6) is 0 Å². The highest BCUT2D eigenvalue weighted by atomic mass is 19.4. The lowest BCUT2D eigenvalue weighted by Gasteiger charge is -2.34. The van der Waals surface area contributed by atoms with Gasteiger partial charge in [0.15, 0.2) is 6.04 Å². The number of amides is 1. The fourth-order valence-corrected chi connectivity index (χ4v) is 4.03. The molecule has 1 aliphatic rings. The minimum Gasteiger partial charge on any atom is -0.363 e. The maximum atomic E-state index is 13.9. The van der Waals surface area contributed by atoms with Crippen LogP contribution in [-0.4, -0.2) is 21.9 Å². The number of hydrogen-bond acceptors (Lipinski definition) is 3. The van der Waals surface area contributed by atoms with Gasteiger partial charge in [-0.25, -0.2) is 4.68 Å². The number of aryl methyl sites for hydroxylation is 2. The molecule has 4 rings (SSSR count). The normalized spacial score (nSPS) is 18.0. The van der Waals surface area contributed by atoms with Gasteiger partial charge in [-0.15, -0.1) is 0 Å². The number of hydrogen-bond donors (Lipinski definition) is 2. The van der Waals surface area contributed by atoms with E-state index in [2.05, 4.69) is 15.7 Å². The summed E-state index contributed by atoms with van der Waals surface area (Å²) in [6.07, 6.45) is -2.63. The largest absolute Gasteiger partial charge is 0.410 e. The number of carbonyl (C=O) groups is 1. The van der Waals surface area contributed by atoms with E-state index in [4.69, 9.17) is 0 Å². The molecule has 1 aliphatic heterocycles.